The minimum atomic E-state index is -1.68. The molecule has 0 bridgehead atoms. The monoisotopic (exact) mass is 305 g/mol. The van der Waals surface area contributed by atoms with Crippen molar-refractivity contribution in [3.05, 3.63) is 62.7 Å². The molecule has 6 nitrogen and oxygen atoms in total. The van der Waals surface area contributed by atoms with Crippen LogP contribution in [-0.2, 0) is 0 Å². The number of hydrogen-bond donors (Lipinski definition) is 1. The van der Waals surface area contributed by atoms with E-state index in [2.05, 4.69) is 0 Å². The summed E-state index contributed by atoms with van der Waals surface area (Å²) in [5.74, 6) is -4.79. The molecule has 0 saturated heterocycles. The van der Waals surface area contributed by atoms with E-state index in [0.717, 1.165) is 18.2 Å². The third kappa shape index (κ3) is 1.70. The van der Waals surface area contributed by atoms with Gasteiger partial charge >= 0.3 is 5.97 Å². The number of nitro benzene ring substituents is 1. The van der Waals surface area contributed by atoms with Gasteiger partial charge in [-0.05, 0) is 12.1 Å². The first kappa shape index (κ1) is 13.8. The fourth-order valence-corrected chi connectivity index (χ4v) is 2.56. The van der Waals surface area contributed by atoms with Crippen LogP contribution >= 0.6 is 0 Å². The lowest BCUT2D eigenvalue weighted by molar-refractivity contribution is -0.384. The first-order valence-electron chi connectivity index (χ1n) is 5.91. The molecule has 0 unspecified atom stereocenters. The molecule has 0 spiro atoms. The summed E-state index contributed by atoms with van der Waals surface area (Å²) in [4.78, 5) is 33.6. The Balaban J connectivity index is 2.46. The van der Waals surface area contributed by atoms with Crippen LogP contribution in [0, 0.1) is 21.7 Å². The topological polar surface area (TPSA) is 97.5 Å². The van der Waals surface area contributed by atoms with Gasteiger partial charge in [-0.1, -0.05) is 6.07 Å². The molecule has 0 amide bonds. The van der Waals surface area contributed by atoms with Gasteiger partial charge < -0.3 is 5.11 Å². The molecule has 3 rings (SSSR count). The Bertz CT molecular complexity index is 891. The van der Waals surface area contributed by atoms with Gasteiger partial charge in [-0.3, -0.25) is 14.9 Å². The summed E-state index contributed by atoms with van der Waals surface area (Å²) < 4.78 is 27.2. The average Bonchev–Trinajstić information content (AvgIpc) is 2.71. The van der Waals surface area contributed by atoms with Gasteiger partial charge in [0.25, 0.3) is 5.69 Å². The summed E-state index contributed by atoms with van der Waals surface area (Å²) in [7, 11) is 0. The van der Waals surface area contributed by atoms with Gasteiger partial charge in [0.2, 0.25) is 0 Å². The minimum Gasteiger partial charge on any atom is -0.478 e. The number of nitrogens with zero attached hydrogens (tertiary/aromatic N) is 1. The van der Waals surface area contributed by atoms with Crippen molar-refractivity contribution in [3.8, 4) is 11.1 Å². The Kier molecular flexibility index (Phi) is 2.77. The molecule has 0 fully saturated rings. The second kappa shape index (κ2) is 4.42. The van der Waals surface area contributed by atoms with E-state index in [0.29, 0.717) is 6.07 Å². The third-order valence-corrected chi connectivity index (χ3v) is 3.39. The summed E-state index contributed by atoms with van der Waals surface area (Å²) >= 11 is 0. The van der Waals surface area contributed by atoms with E-state index >= 15 is 0 Å². The second-order valence-corrected chi connectivity index (χ2v) is 4.58. The van der Waals surface area contributed by atoms with Crippen molar-refractivity contribution in [3.63, 3.8) is 0 Å². The van der Waals surface area contributed by atoms with E-state index in [4.69, 9.17) is 5.11 Å². The first-order chi connectivity index (χ1) is 10.3. The largest absolute Gasteiger partial charge is 0.478 e. The number of aromatic carboxylic acids is 1. The Hall–Kier alpha value is -3.16. The third-order valence-electron chi connectivity index (χ3n) is 3.39. The number of benzene rings is 2. The van der Waals surface area contributed by atoms with Crippen LogP contribution in [0.25, 0.3) is 11.1 Å². The summed E-state index contributed by atoms with van der Waals surface area (Å²) in [6.45, 7) is 0. The van der Waals surface area contributed by atoms with Gasteiger partial charge in [-0.25, -0.2) is 13.6 Å². The standard InChI is InChI=1S/C14H5F2NO5/c15-5-3-7-10(9(4-5)17(21)22)6-1-2-8(16)12(14(19)20)11(6)13(7)18/h1-4H,(H,19,20). The van der Waals surface area contributed by atoms with E-state index in [9.17, 15) is 28.5 Å². The summed E-state index contributed by atoms with van der Waals surface area (Å²) in [6.07, 6.45) is 0. The van der Waals surface area contributed by atoms with Crippen LogP contribution in [0.5, 0.6) is 0 Å². The maximum Gasteiger partial charge on any atom is 0.339 e. The molecule has 2 aromatic carbocycles. The maximum atomic E-state index is 13.7. The fourth-order valence-electron chi connectivity index (χ4n) is 2.56. The lowest BCUT2D eigenvalue weighted by Crippen LogP contribution is -2.09. The molecule has 2 aromatic rings. The van der Waals surface area contributed by atoms with Crippen molar-refractivity contribution in [2.45, 2.75) is 0 Å². The van der Waals surface area contributed by atoms with Gasteiger partial charge in [-0.2, -0.15) is 0 Å². The Morgan fingerprint density at radius 1 is 1.14 bits per heavy atom. The maximum absolute atomic E-state index is 13.7. The molecule has 0 atom stereocenters. The second-order valence-electron chi connectivity index (χ2n) is 4.58. The number of halogens is 2. The molecule has 0 saturated carbocycles. The molecule has 1 aliphatic carbocycles. The number of carbonyl (C=O) groups is 2. The van der Waals surface area contributed by atoms with Gasteiger partial charge in [0.1, 0.15) is 17.2 Å². The van der Waals surface area contributed by atoms with E-state index < -0.39 is 45.1 Å². The number of carbonyl (C=O) groups excluding carboxylic acids is 1. The zero-order valence-electron chi connectivity index (χ0n) is 10.6. The van der Waals surface area contributed by atoms with E-state index in [1.165, 1.54) is 0 Å². The molecule has 0 radical (unpaired) electrons. The van der Waals surface area contributed by atoms with Gasteiger partial charge in [0.15, 0.2) is 5.78 Å². The predicted octanol–water partition coefficient (Wildman–Crippen LogP) is 2.78. The summed E-state index contributed by atoms with van der Waals surface area (Å²) in [6, 6.07) is 3.28. The molecule has 110 valence electrons. The Morgan fingerprint density at radius 2 is 1.82 bits per heavy atom. The number of ketones is 1. The van der Waals surface area contributed by atoms with E-state index in [1.807, 2.05) is 0 Å². The number of carboxylic acids is 1. The molecule has 0 heterocycles. The highest BCUT2D eigenvalue weighted by Gasteiger charge is 2.38. The van der Waals surface area contributed by atoms with Gasteiger partial charge in [0, 0.05) is 16.7 Å². The average molecular weight is 305 g/mol. The molecule has 0 aromatic heterocycles. The molecule has 1 aliphatic rings. The highest BCUT2D eigenvalue weighted by atomic mass is 19.1. The normalized spacial score (nSPS) is 12.0. The molecular formula is C14H5F2NO5. The zero-order chi connectivity index (χ0) is 16.2. The van der Waals surface area contributed by atoms with Gasteiger partial charge in [0.05, 0.1) is 16.6 Å². The van der Waals surface area contributed by atoms with Crippen molar-refractivity contribution in [2.24, 2.45) is 0 Å². The number of hydrogen-bond acceptors (Lipinski definition) is 4. The SMILES string of the molecule is O=C(O)c1c(F)ccc2c1C(=O)c1cc(F)cc([N+](=O)[O-])c1-2. The fraction of sp³-hybridized carbons (Fsp3) is 0. The van der Waals surface area contributed by atoms with Crippen LogP contribution in [0.2, 0.25) is 0 Å². The number of rotatable bonds is 2. The van der Waals surface area contributed by atoms with Crippen LogP contribution in [-0.4, -0.2) is 21.8 Å². The number of nitro groups is 1. The van der Waals surface area contributed by atoms with Gasteiger partial charge in [-0.15, -0.1) is 0 Å². The van der Waals surface area contributed by atoms with E-state index in [-0.39, 0.29) is 16.7 Å². The molecule has 0 aliphatic heterocycles. The van der Waals surface area contributed by atoms with Crippen LogP contribution in [0.4, 0.5) is 14.5 Å². The van der Waals surface area contributed by atoms with Crippen LogP contribution < -0.4 is 0 Å². The predicted molar refractivity (Wildman–Crippen MR) is 68.8 cm³/mol. The van der Waals surface area contributed by atoms with Crippen LogP contribution in [0.3, 0.4) is 0 Å². The molecular weight excluding hydrogens is 300 g/mol. The van der Waals surface area contributed by atoms with Crippen molar-refractivity contribution >= 4 is 17.4 Å². The molecule has 8 heteroatoms. The zero-order valence-corrected chi connectivity index (χ0v) is 10.6. The molecule has 22 heavy (non-hydrogen) atoms. The number of fused-ring (bicyclic) bond motifs is 3. The van der Waals surface area contributed by atoms with Crippen LogP contribution in [0.15, 0.2) is 24.3 Å². The summed E-state index contributed by atoms with van der Waals surface area (Å²) in [5.41, 5.74) is -2.70. The quantitative estimate of drug-likeness (QED) is 0.580. The molecule has 1 N–H and O–H groups in total. The van der Waals surface area contributed by atoms with Crippen molar-refractivity contribution in [1.82, 2.24) is 0 Å². The Morgan fingerprint density at radius 3 is 2.41 bits per heavy atom. The van der Waals surface area contributed by atoms with Crippen molar-refractivity contribution in [2.75, 3.05) is 0 Å². The summed E-state index contributed by atoms with van der Waals surface area (Å²) in [5, 5.41) is 20.1. The highest BCUT2D eigenvalue weighted by Crippen LogP contribution is 2.44. The smallest absolute Gasteiger partial charge is 0.339 e. The highest BCUT2D eigenvalue weighted by molar-refractivity contribution is 6.26. The van der Waals surface area contributed by atoms with Crippen molar-refractivity contribution < 1.29 is 28.4 Å². The first-order valence-corrected chi connectivity index (χ1v) is 5.91. The number of carboxylic acid groups (broad SMARTS) is 1. The lowest BCUT2D eigenvalue weighted by Gasteiger charge is -2.04. The minimum absolute atomic E-state index is 0.0921. The Labute approximate surface area is 120 Å². The lowest BCUT2D eigenvalue weighted by atomic mass is 10.00. The van der Waals surface area contributed by atoms with E-state index in [1.54, 1.807) is 0 Å². The van der Waals surface area contributed by atoms with Crippen LogP contribution in [0.1, 0.15) is 26.3 Å². The van der Waals surface area contributed by atoms with Crippen molar-refractivity contribution in [1.29, 1.82) is 0 Å².